The number of ether oxygens (including phenoxy) is 4. The molecule has 2 aromatic carbocycles. The Bertz CT molecular complexity index is 1240. The van der Waals surface area contributed by atoms with Gasteiger partial charge in [-0.2, -0.15) is 0 Å². The van der Waals surface area contributed by atoms with Crippen molar-refractivity contribution in [2.75, 3.05) is 36.2 Å². The molecule has 0 bridgehead atoms. The molecule has 10 heteroatoms. The van der Waals surface area contributed by atoms with Crippen molar-refractivity contribution in [3.05, 3.63) is 59.7 Å². The predicted molar refractivity (Wildman–Crippen MR) is 162 cm³/mol. The third-order valence-electron chi connectivity index (χ3n) is 6.52. The summed E-state index contributed by atoms with van der Waals surface area (Å²) in [7, 11) is 0. The van der Waals surface area contributed by atoms with E-state index in [0.29, 0.717) is 55.8 Å². The summed E-state index contributed by atoms with van der Waals surface area (Å²) in [6.45, 7) is 9.36. The van der Waals surface area contributed by atoms with Crippen LogP contribution in [-0.4, -0.2) is 50.1 Å². The number of rotatable bonds is 16. The number of anilines is 2. The Morgan fingerprint density at radius 3 is 0.953 bits per heavy atom. The molecule has 0 radical (unpaired) electrons. The van der Waals surface area contributed by atoms with E-state index < -0.39 is 23.6 Å². The maximum absolute atomic E-state index is 12.7. The van der Waals surface area contributed by atoms with Crippen LogP contribution in [0.4, 0.5) is 11.4 Å². The van der Waals surface area contributed by atoms with Gasteiger partial charge in [-0.25, -0.2) is 9.80 Å². The maximum Gasteiger partial charge on any atom is 0.258 e. The highest BCUT2D eigenvalue weighted by Gasteiger charge is 2.33. The molecule has 0 saturated heterocycles. The monoisotopic (exact) mass is 590 g/mol. The number of carbonyl (C=O) groups excluding carboxylic acids is 4. The van der Waals surface area contributed by atoms with Crippen LogP contribution in [-0.2, 0) is 25.6 Å². The molecule has 43 heavy (non-hydrogen) atoms. The quantitative estimate of drug-likeness (QED) is 0.243. The molecule has 4 amide bonds. The Morgan fingerprint density at radius 2 is 0.721 bits per heavy atom. The first-order chi connectivity index (χ1) is 20.8. The van der Waals surface area contributed by atoms with Gasteiger partial charge in [-0.05, 0) is 67.5 Å². The summed E-state index contributed by atoms with van der Waals surface area (Å²) in [5, 5.41) is 0. The van der Waals surface area contributed by atoms with Crippen LogP contribution in [0, 0.1) is 0 Å². The van der Waals surface area contributed by atoms with E-state index in [4.69, 9.17) is 18.9 Å². The summed E-state index contributed by atoms with van der Waals surface area (Å²) in [5.41, 5.74) is 2.13. The molecule has 0 atom stereocenters. The van der Waals surface area contributed by atoms with Gasteiger partial charge >= 0.3 is 0 Å². The van der Waals surface area contributed by atoms with Crippen LogP contribution in [0.5, 0.6) is 23.0 Å². The van der Waals surface area contributed by atoms with E-state index in [1.165, 1.54) is 24.3 Å². The van der Waals surface area contributed by atoms with Crippen LogP contribution in [0.2, 0.25) is 0 Å². The van der Waals surface area contributed by atoms with Crippen molar-refractivity contribution in [3.8, 4) is 23.0 Å². The van der Waals surface area contributed by atoms with Crippen LogP contribution in [0.15, 0.2) is 48.6 Å². The Morgan fingerprint density at radius 1 is 0.465 bits per heavy atom. The van der Waals surface area contributed by atoms with Crippen LogP contribution >= 0.6 is 0 Å². The second-order valence-corrected chi connectivity index (χ2v) is 10.1. The third kappa shape index (κ3) is 7.07. The largest absolute Gasteiger partial charge is 0.491 e. The van der Waals surface area contributed by atoms with Gasteiger partial charge in [-0.15, -0.1) is 0 Å². The first kappa shape index (κ1) is 31.3. The summed E-state index contributed by atoms with van der Waals surface area (Å²) in [5.74, 6) is -0.431. The van der Waals surface area contributed by atoms with Crippen LogP contribution in [0.1, 0.15) is 64.5 Å². The number of nitrogens with zero attached hydrogens (tertiary/aromatic N) is 2. The number of carbonyl (C=O) groups is 4. The maximum atomic E-state index is 12.7. The van der Waals surface area contributed by atoms with E-state index >= 15 is 0 Å². The first-order valence-corrected chi connectivity index (χ1v) is 14.8. The fourth-order valence-corrected chi connectivity index (χ4v) is 4.68. The van der Waals surface area contributed by atoms with Crippen molar-refractivity contribution in [2.45, 2.75) is 59.8 Å². The Balaban J connectivity index is 1.82. The SMILES string of the molecule is CCCOc1cc(Cc2cc(OCCC)c(N3C(=O)C=CC3=O)c(OCCC)c2)cc(OCCC)c1N1C(=O)C=CC1=O. The smallest absolute Gasteiger partial charge is 0.258 e. The fourth-order valence-electron chi connectivity index (χ4n) is 4.68. The second kappa shape index (κ2) is 14.5. The lowest BCUT2D eigenvalue weighted by Crippen LogP contribution is -2.31. The molecular weight excluding hydrogens is 552 g/mol. The molecule has 2 aliphatic rings. The number of imide groups is 2. The van der Waals surface area contributed by atoms with Gasteiger partial charge < -0.3 is 18.9 Å². The molecule has 228 valence electrons. The lowest BCUT2D eigenvalue weighted by Gasteiger charge is -2.24. The van der Waals surface area contributed by atoms with Gasteiger partial charge in [0.15, 0.2) is 0 Å². The zero-order valence-electron chi connectivity index (χ0n) is 25.1. The van der Waals surface area contributed by atoms with E-state index in [1.807, 2.05) is 27.7 Å². The van der Waals surface area contributed by atoms with E-state index in [2.05, 4.69) is 0 Å². The molecule has 0 unspecified atom stereocenters. The van der Waals surface area contributed by atoms with Crippen molar-refractivity contribution < 1.29 is 38.1 Å². The summed E-state index contributed by atoms with van der Waals surface area (Å²) in [4.78, 5) is 52.8. The van der Waals surface area contributed by atoms with Crippen molar-refractivity contribution >= 4 is 35.0 Å². The van der Waals surface area contributed by atoms with E-state index in [-0.39, 0.29) is 11.4 Å². The molecule has 0 aromatic heterocycles. The summed E-state index contributed by atoms with van der Waals surface area (Å²) in [6, 6.07) is 7.20. The Kier molecular flexibility index (Phi) is 10.6. The Hall–Kier alpha value is -4.60. The third-order valence-corrected chi connectivity index (χ3v) is 6.52. The lowest BCUT2D eigenvalue weighted by molar-refractivity contribution is -0.121. The molecular formula is C33H38N2O8. The van der Waals surface area contributed by atoms with Crippen LogP contribution in [0.25, 0.3) is 0 Å². The number of benzene rings is 2. The molecule has 2 aromatic rings. The van der Waals surface area contributed by atoms with Crippen molar-refractivity contribution in [3.63, 3.8) is 0 Å². The van der Waals surface area contributed by atoms with Crippen molar-refractivity contribution in [1.82, 2.24) is 0 Å². The van der Waals surface area contributed by atoms with Crippen LogP contribution in [0.3, 0.4) is 0 Å². The van der Waals surface area contributed by atoms with Crippen molar-refractivity contribution in [2.24, 2.45) is 0 Å². The molecule has 0 aliphatic carbocycles. The van der Waals surface area contributed by atoms with Gasteiger partial charge in [0.05, 0.1) is 26.4 Å². The standard InChI is InChI=1S/C33H38N2O8/c1-5-13-40-24-18-22(19-25(41-14-6-2)32(24)34-28(36)9-10-29(34)37)17-23-20-26(42-15-7-3)33(27(21-23)43-16-8-4)35-30(38)11-12-31(35)39/h9-12,18-21H,5-8,13-17H2,1-4H3. The average molecular weight is 591 g/mol. The Labute approximate surface area is 251 Å². The second-order valence-electron chi connectivity index (χ2n) is 10.1. The molecule has 0 spiro atoms. The van der Waals surface area contributed by atoms with E-state index in [1.54, 1.807) is 24.3 Å². The molecule has 2 aliphatic heterocycles. The van der Waals surface area contributed by atoms with Crippen LogP contribution < -0.4 is 28.7 Å². The highest BCUT2D eigenvalue weighted by molar-refractivity contribution is 6.30. The van der Waals surface area contributed by atoms with Gasteiger partial charge in [0, 0.05) is 24.3 Å². The molecule has 0 fully saturated rings. The van der Waals surface area contributed by atoms with Crippen molar-refractivity contribution in [1.29, 1.82) is 0 Å². The lowest BCUT2D eigenvalue weighted by atomic mass is 10.0. The summed E-state index contributed by atoms with van der Waals surface area (Å²) >= 11 is 0. The average Bonchev–Trinajstić information content (AvgIpc) is 3.50. The van der Waals surface area contributed by atoms with Gasteiger partial charge in [0.25, 0.3) is 23.6 Å². The van der Waals surface area contributed by atoms with E-state index in [0.717, 1.165) is 46.6 Å². The number of amides is 4. The van der Waals surface area contributed by atoms with Gasteiger partial charge in [0.1, 0.15) is 34.4 Å². The number of hydrogen-bond acceptors (Lipinski definition) is 8. The molecule has 0 N–H and O–H groups in total. The molecule has 0 saturated carbocycles. The molecule has 4 rings (SSSR count). The highest BCUT2D eigenvalue weighted by Crippen LogP contribution is 2.44. The van der Waals surface area contributed by atoms with Gasteiger partial charge in [-0.3, -0.25) is 19.2 Å². The number of hydrogen-bond donors (Lipinski definition) is 0. The zero-order valence-corrected chi connectivity index (χ0v) is 25.1. The van der Waals surface area contributed by atoms with E-state index in [9.17, 15) is 19.2 Å². The van der Waals surface area contributed by atoms with Gasteiger partial charge in [0.2, 0.25) is 0 Å². The normalized spacial score (nSPS) is 14.3. The van der Waals surface area contributed by atoms with Gasteiger partial charge in [-0.1, -0.05) is 27.7 Å². The molecule has 10 nitrogen and oxygen atoms in total. The predicted octanol–water partition coefficient (Wildman–Crippen LogP) is 5.29. The minimum absolute atomic E-state index is 0.276. The first-order valence-electron chi connectivity index (χ1n) is 14.8. The summed E-state index contributed by atoms with van der Waals surface area (Å²) < 4.78 is 24.3. The zero-order chi connectivity index (χ0) is 30.9. The highest BCUT2D eigenvalue weighted by atomic mass is 16.5. The minimum Gasteiger partial charge on any atom is -0.491 e. The molecule has 2 heterocycles. The summed E-state index contributed by atoms with van der Waals surface area (Å²) in [6.07, 6.45) is 8.16. The minimum atomic E-state index is -0.466. The topological polar surface area (TPSA) is 112 Å². The fraction of sp³-hybridized carbons (Fsp3) is 0.394.